The monoisotopic (exact) mass is 371 g/mol. The molecule has 2 aromatic rings. The van der Waals surface area contributed by atoms with Crippen LogP contribution in [0, 0.1) is 0 Å². The van der Waals surface area contributed by atoms with Crippen LogP contribution in [0.15, 0.2) is 56.1 Å². The Morgan fingerprint density at radius 3 is 2.32 bits per heavy atom. The Hall–Kier alpha value is -1.47. The zero-order valence-electron chi connectivity index (χ0n) is 10.8. The second-order valence-electron chi connectivity index (χ2n) is 4.38. The van der Waals surface area contributed by atoms with Crippen molar-refractivity contribution in [3.8, 4) is 0 Å². The summed E-state index contributed by atoms with van der Waals surface area (Å²) >= 11 is 12.6. The van der Waals surface area contributed by atoms with Crippen molar-refractivity contribution in [1.82, 2.24) is 0 Å². The lowest BCUT2D eigenvalue weighted by Crippen LogP contribution is -2.16. The minimum atomic E-state index is -3.92. The van der Waals surface area contributed by atoms with Crippen molar-refractivity contribution in [3.63, 3.8) is 0 Å². The maximum Gasteiger partial charge on any atom is 0.292 e. The normalized spacial score (nSPS) is 16.5. The standard InChI is InChI=1S/C14H7Cl2NO3S2/c15-10-7-11(8-3-1-2-4-9(8)14(10)18)17-22(19,20)13-6-5-12(16)21-13/h1-7H/b17-11+. The first-order valence-corrected chi connectivity index (χ1v) is 9.01. The molecule has 0 bridgehead atoms. The van der Waals surface area contributed by atoms with Gasteiger partial charge in [0, 0.05) is 11.1 Å². The maximum absolute atomic E-state index is 12.3. The molecule has 0 N–H and O–H groups in total. The van der Waals surface area contributed by atoms with Crippen LogP contribution in [0.2, 0.25) is 4.34 Å². The first-order valence-electron chi connectivity index (χ1n) is 6.00. The second-order valence-corrected chi connectivity index (χ2v) is 8.33. The lowest BCUT2D eigenvalue weighted by molar-refractivity contribution is 0.104. The summed E-state index contributed by atoms with van der Waals surface area (Å²) in [4.78, 5) is 12.0. The van der Waals surface area contributed by atoms with E-state index >= 15 is 0 Å². The van der Waals surface area contributed by atoms with E-state index in [0.29, 0.717) is 15.5 Å². The molecular weight excluding hydrogens is 365 g/mol. The molecule has 22 heavy (non-hydrogen) atoms. The highest BCUT2D eigenvalue weighted by atomic mass is 35.5. The molecule has 1 heterocycles. The highest BCUT2D eigenvalue weighted by Gasteiger charge is 2.25. The molecule has 0 radical (unpaired) electrons. The molecule has 0 spiro atoms. The van der Waals surface area contributed by atoms with Crippen molar-refractivity contribution >= 4 is 56.1 Å². The lowest BCUT2D eigenvalue weighted by Gasteiger charge is -2.13. The van der Waals surface area contributed by atoms with Gasteiger partial charge in [0.05, 0.1) is 15.1 Å². The third-order valence-corrected chi connectivity index (χ3v) is 6.22. The molecule has 0 aliphatic heterocycles. The van der Waals surface area contributed by atoms with E-state index in [-0.39, 0.29) is 20.7 Å². The third-order valence-electron chi connectivity index (χ3n) is 2.95. The van der Waals surface area contributed by atoms with Gasteiger partial charge in [0.15, 0.2) is 0 Å². The van der Waals surface area contributed by atoms with Crippen LogP contribution in [0.3, 0.4) is 0 Å². The van der Waals surface area contributed by atoms with Gasteiger partial charge in [-0.2, -0.15) is 12.8 Å². The van der Waals surface area contributed by atoms with Gasteiger partial charge in [-0.05, 0) is 18.2 Å². The highest BCUT2D eigenvalue weighted by Crippen LogP contribution is 2.29. The molecular formula is C14H7Cl2NO3S2. The van der Waals surface area contributed by atoms with Gasteiger partial charge in [-0.15, -0.1) is 11.3 Å². The molecule has 0 unspecified atom stereocenters. The summed E-state index contributed by atoms with van der Waals surface area (Å²) < 4.78 is 28.8. The Labute approximate surface area is 140 Å². The van der Waals surface area contributed by atoms with E-state index in [4.69, 9.17) is 23.2 Å². The van der Waals surface area contributed by atoms with Crippen molar-refractivity contribution in [2.45, 2.75) is 4.21 Å². The molecule has 1 aromatic heterocycles. The van der Waals surface area contributed by atoms with Gasteiger partial charge in [-0.25, -0.2) is 0 Å². The van der Waals surface area contributed by atoms with Crippen molar-refractivity contribution in [2.24, 2.45) is 4.40 Å². The Bertz CT molecular complexity index is 943. The van der Waals surface area contributed by atoms with E-state index in [1.54, 1.807) is 24.3 Å². The molecule has 8 heteroatoms. The van der Waals surface area contributed by atoms with Crippen LogP contribution in [-0.4, -0.2) is 19.9 Å². The number of halogens is 2. The SMILES string of the molecule is O=C1C(Cl)=C/C(=N\S(=O)(=O)c2ccc(Cl)s2)c2ccccc21. The number of ketones is 1. The number of hydrogen-bond acceptors (Lipinski definition) is 4. The molecule has 0 saturated carbocycles. The van der Waals surface area contributed by atoms with E-state index in [9.17, 15) is 13.2 Å². The quantitative estimate of drug-likeness (QED) is 0.803. The Balaban J connectivity index is 2.17. The molecule has 112 valence electrons. The summed E-state index contributed by atoms with van der Waals surface area (Å²) in [7, 11) is -3.92. The number of carbonyl (C=O) groups excluding carboxylic acids is 1. The van der Waals surface area contributed by atoms with Crippen LogP contribution in [-0.2, 0) is 10.0 Å². The minimum Gasteiger partial charge on any atom is -0.288 e. The van der Waals surface area contributed by atoms with Gasteiger partial charge in [0.25, 0.3) is 10.0 Å². The zero-order valence-corrected chi connectivity index (χ0v) is 13.9. The van der Waals surface area contributed by atoms with E-state index in [1.165, 1.54) is 18.2 Å². The number of thiophene rings is 1. The highest BCUT2D eigenvalue weighted by molar-refractivity contribution is 7.92. The van der Waals surface area contributed by atoms with Gasteiger partial charge in [-0.1, -0.05) is 47.5 Å². The first-order chi connectivity index (χ1) is 10.4. The van der Waals surface area contributed by atoms with Gasteiger partial charge in [-0.3, -0.25) is 4.79 Å². The number of benzene rings is 1. The summed E-state index contributed by atoms with van der Waals surface area (Å²) in [6, 6.07) is 9.46. The fraction of sp³-hybridized carbons (Fsp3) is 0. The van der Waals surface area contributed by atoms with E-state index in [1.807, 2.05) is 0 Å². The molecule has 0 atom stereocenters. The summed E-state index contributed by atoms with van der Waals surface area (Å²) in [6.07, 6.45) is 1.26. The average Bonchev–Trinajstić information content (AvgIpc) is 2.92. The number of rotatable bonds is 2. The molecule has 0 fully saturated rings. The number of fused-ring (bicyclic) bond motifs is 1. The lowest BCUT2D eigenvalue weighted by atomic mass is 9.94. The fourth-order valence-corrected chi connectivity index (χ4v) is 4.64. The van der Waals surface area contributed by atoms with Gasteiger partial charge < -0.3 is 0 Å². The maximum atomic E-state index is 12.3. The zero-order chi connectivity index (χ0) is 15.9. The molecule has 1 aliphatic carbocycles. The number of allylic oxidation sites excluding steroid dienone is 2. The van der Waals surface area contributed by atoms with Crippen molar-refractivity contribution in [3.05, 3.63) is 63.0 Å². The summed E-state index contributed by atoms with van der Waals surface area (Å²) in [6.45, 7) is 0. The number of carbonyl (C=O) groups is 1. The number of hydrogen-bond donors (Lipinski definition) is 0. The second kappa shape index (κ2) is 5.62. The molecule has 4 nitrogen and oxygen atoms in total. The van der Waals surface area contributed by atoms with Crippen LogP contribution in [0.1, 0.15) is 15.9 Å². The van der Waals surface area contributed by atoms with Crippen LogP contribution in [0.25, 0.3) is 0 Å². The largest absolute Gasteiger partial charge is 0.292 e. The summed E-state index contributed by atoms with van der Waals surface area (Å²) in [5.41, 5.74) is 0.890. The third kappa shape index (κ3) is 2.75. The van der Waals surface area contributed by atoms with Crippen LogP contribution in [0.5, 0.6) is 0 Å². The first kappa shape index (κ1) is 15.4. The molecule has 0 saturated heterocycles. The number of nitrogens with zero attached hydrogens (tertiary/aromatic N) is 1. The minimum absolute atomic E-state index is 0.0314. The van der Waals surface area contributed by atoms with Crippen molar-refractivity contribution in [1.29, 1.82) is 0 Å². The molecule has 1 aliphatic rings. The Kier molecular flexibility index (Phi) is 3.94. The molecule has 3 rings (SSSR count). The summed E-state index contributed by atoms with van der Waals surface area (Å²) in [5, 5.41) is -0.0724. The molecule has 0 amide bonds. The predicted octanol–water partition coefficient (Wildman–Crippen LogP) is 3.90. The smallest absolute Gasteiger partial charge is 0.288 e. The van der Waals surface area contributed by atoms with E-state index < -0.39 is 10.0 Å². The number of Topliss-reactive ketones (excluding diaryl/α,β-unsaturated/α-hetero) is 1. The fourth-order valence-electron chi connectivity index (χ4n) is 1.98. The Morgan fingerprint density at radius 2 is 1.68 bits per heavy atom. The topological polar surface area (TPSA) is 63.6 Å². The van der Waals surface area contributed by atoms with E-state index in [2.05, 4.69) is 4.40 Å². The van der Waals surface area contributed by atoms with Gasteiger partial charge in [0.2, 0.25) is 5.78 Å². The van der Waals surface area contributed by atoms with Crippen molar-refractivity contribution < 1.29 is 13.2 Å². The predicted molar refractivity (Wildman–Crippen MR) is 87.8 cm³/mol. The Morgan fingerprint density at radius 1 is 1.00 bits per heavy atom. The number of sulfonamides is 1. The molecule has 1 aromatic carbocycles. The van der Waals surface area contributed by atoms with Crippen molar-refractivity contribution in [2.75, 3.05) is 0 Å². The van der Waals surface area contributed by atoms with Crippen LogP contribution >= 0.6 is 34.5 Å². The van der Waals surface area contributed by atoms with Crippen LogP contribution in [0.4, 0.5) is 0 Å². The van der Waals surface area contributed by atoms with Gasteiger partial charge >= 0.3 is 0 Å². The van der Waals surface area contributed by atoms with Gasteiger partial charge in [0.1, 0.15) is 4.21 Å². The van der Waals surface area contributed by atoms with Crippen LogP contribution < -0.4 is 0 Å². The van der Waals surface area contributed by atoms with E-state index in [0.717, 1.165) is 11.3 Å². The summed E-state index contributed by atoms with van der Waals surface area (Å²) in [5.74, 6) is -0.354. The average molecular weight is 372 g/mol.